The number of nitrogens with zero attached hydrogens (tertiary/aromatic N) is 4. The van der Waals surface area contributed by atoms with E-state index in [-0.39, 0.29) is 5.97 Å². The van der Waals surface area contributed by atoms with Crippen LogP contribution in [0.25, 0.3) is 11.4 Å². The number of aromatic nitrogens is 4. The Kier molecular flexibility index (Phi) is 4.14. The molecule has 1 heterocycles. The number of carbonyl (C=O) groups excluding carboxylic acids is 1. The Hall–Kier alpha value is -3.02. The maximum Gasteiger partial charge on any atom is 0.337 e. The van der Waals surface area contributed by atoms with Crippen molar-refractivity contribution in [2.24, 2.45) is 0 Å². The lowest BCUT2D eigenvalue weighted by Gasteiger charge is -2.02. The highest BCUT2D eigenvalue weighted by molar-refractivity contribution is 5.89. The topological polar surface area (TPSA) is 69.9 Å². The zero-order valence-electron chi connectivity index (χ0n) is 12.9. The van der Waals surface area contributed by atoms with E-state index in [1.807, 2.05) is 43.3 Å². The van der Waals surface area contributed by atoms with Crippen LogP contribution in [0.2, 0.25) is 0 Å². The molecule has 0 fully saturated rings. The first kappa shape index (κ1) is 14.9. The molecular formula is C17H16N4O2. The van der Waals surface area contributed by atoms with Crippen molar-refractivity contribution < 1.29 is 9.53 Å². The molecule has 0 aliphatic heterocycles. The maximum atomic E-state index is 11.4. The standard InChI is InChI=1S/C17H16N4O2/c1-12-3-7-14(8-4-12)16-18-20-21(19-16)11-13-5-9-15(10-6-13)17(22)23-2/h3-10H,11H2,1-2H3. The Morgan fingerprint density at radius 1 is 1.09 bits per heavy atom. The van der Waals surface area contributed by atoms with E-state index in [0.29, 0.717) is 17.9 Å². The number of hydrogen-bond acceptors (Lipinski definition) is 5. The fourth-order valence-corrected chi connectivity index (χ4v) is 2.16. The third kappa shape index (κ3) is 3.42. The molecule has 6 nitrogen and oxygen atoms in total. The summed E-state index contributed by atoms with van der Waals surface area (Å²) >= 11 is 0. The quantitative estimate of drug-likeness (QED) is 0.693. The van der Waals surface area contributed by atoms with Crippen molar-refractivity contribution in [2.75, 3.05) is 7.11 Å². The Morgan fingerprint density at radius 3 is 2.43 bits per heavy atom. The van der Waals surface area contributed by atoms with Crippen molar-refractivity contribution in [1.29, 1.82) is 0 Å². The molecule has 3 aromatic rings. The first-order valence-electron chi connectivity index (χ1n) is 7.18. The minimum absolute atomic E-state index is 0.350. The molecule has 0 saturated carbocycles. The Morgan fingerprint density at radius 2 is 1.78 bits per heavy atom. The molecule has 23 heavy (non-hydrogen) atoms. The van der Waals surface area contributed by atoms with Gasteiger partial charge >= 0.3 is 5.97 Å². The van der Waals surface area contributed by atoms with Crippen LogP contribution in [0.3, 0.4) is 0 Å². The minimum Gasteiger partial charge on any atom is -0.465 e. The summed E-state index contributed by atoms with van der Waals surface area (Å²) < 4.78 is 4.68. The summed E-state index contributed by atoms with van der Waals surface area (Å²) in [5.41, 5.74) is 3.61. The zero-order valence-corrected chi connectivity index (χ0v) is 12.9. The lowest BCUT2D eigenvalue weighted by molar-refractivity contribution is 0.0600. The van der Waals surface area contributed by atoms with Crippen LogP contribution in [-0.4, -0.2) is 33.3 Å². The fourth-order valence-electron chi connectivity index (χ4n) is 2.16. The van der Waals surface area contributed by atoms with E-state index in [2.05, 4.69) is 20.1 Å². The molecule has 0 spiro atoms. The summed E-state index contributed by atoms with van der Waals surface area (Å²) in [6.45, 7) is 2.52. The van der Waals surface area contributed by atoms with Gasteiger partial charge in [-0.25, -0.2) is 4.79 Å². The molecule has 0 amide bonds. The number of esters is 1. The van der Waals surface area contributed by atoms with E-state index < -0.39 is 0 Å². The van der Waals surface area contributed by atoms with Crippen LogP contribution >= 0.6 is 0 Å². The summed E-state index contributed by atoms with van der Waals surface area (Å²) in [5.74, 6) is 0.244. The highest BCUT2D eigenvalue weighted by Gasteiger charge is 2.08. The van der Waals surface area contributed by atoms with Gasteiger partial charge in [0, 0.05) is 5.56 Å². The summed E-state index contributed by atoms with van der Waals surface area (Å²) in [5, 5.41) is 12.5. The van der Waals surface area contributed by atoms with Crippen LogP contribution in [0, 0.1) is 6.92 Å². The van der Waals surface area contributed by atoms with Gasteiger partial charge < -0.3 is 4.74 Å². The summed E-state index contributed by atoms with van der Waals surface area (Å²) in [7, 11) is 1.36. The number of hydrogen-bond donors (Lipinski definition) is 0. The first-order valence-corrected chi connectivity index (χ1v) is 7.18. The van der Waals surface area contributed by atoms with Crippen molar-refractivity contribution in [2.45, 2.75) is 13.5 Å². The maximum absolute atomic E-state index is 11.4. The van der Waals surface area contributed by atoms with Crippen LogP contribution in [-0.2, 0) is 11.3 Å². The van der Waals surface area contributed by atoms with Crippen molar-refractivity contribution >= 4 is 5.97 Å². The average molecular weight is 308 g/mol. The molecule has 0 unspecified atom stereocenters. The van der Waals surface area contributed by atoms with Gasteiger partial charge in [-0.2, -0.15) is 4.80 Å². The van der Waals surface area contributed by atoms with E-state index in [1.54, 1.807) is 12.1 Å². The molecule has 0 aliphatic rings. The Balaban J connectivity index is 1.74. The van der Waals surface area contributed by atoms with Gasteiger partial charge in [0.15, 0.2) is 0 Å². The van der Waals surface area contributed by atoms with Gasteiger partial charge in [0.05, 0.1) is 19.2 Å². The molecular weight excluding hydrogens is 292 g/mol. The third-order valence-corrected chi connectivity index (χ3v) is 3.46. The number of aryl methyl sites for hydroxylation is 1. The molecule has 3 rings (SSSR count). The number of ether oxygens (including phenoxy) is 1. The largest absolute Gasteiger partial charge is 0.465 e. The lowest BCUT2D eigenvalue weighted by atomic mass is 10.1. The molecule has 6 heteroatoms. The SMILES string of the molecule is COC(=O)c1ccc(Cn2nnc(-c3ccc(C)cc3)n2)cc1. The van der Waals surface area contributed by atoms with Crippen molar-refractivity contribution in [1.82, 2.24) is 20.2 Å². The molecule has 0 saturated heterocycles. The van der Waals surface area contributed by atoms with E-state index in [0.717, 1.165) is 11.1 Å². The van der Waals surface area contributed by atoms with Crippen LogP contribution < -0.4 is 0 Å². The van der Waals surface area contributed by atoms with Crippen LogP contribution in [0.4, 0.5) is 0 Å². The van der Waals surface area contributed by atoms with E-state index >= 15 is 0 Å². The number of rotatable bonds is 4. The van der Waals surface area contributed by atoms with Gasteiger partial charge in [-0.15, -0.1) is 10.2 Å². The van der Waals surface area contributed by atoms with Gasteiger partial charge in [0.1, 0.15) is 0 Å². The van der Waals surface area contributed by atoms with Gasteiger partial charge in [-0.1, -0.05) is 42.0 Å². The number of benzene rings is 2. The number of methoxy groups -OCH3 is 1. The van der Waals surface area contributed by atoms with Crippen LogP contribution in [0.1, 0.15) is 21.5 Å². The predicted molar refractivity (Wildman–Crippen MR) is 84.9 cm³/mol. The molecule has 0 aliphatic carbocycles. The smallest absolute Gasteiger partial charge is 0.337 e. The van der Waals surface area contributed by atoms with Gasteiger partial charge in [-0.3, -0.25) is 0 Å². The minimum atomic E-state index is -0.350. The van der Waals surface area contributed by atoms with Crippen molar-refractivity contribution in [3.8, 4) is 11.4 Å². The molecule has 0 bridgehead atoms. The van der Waals surface area contributed by atoms with Gasteiger partial charge in [0.25, 0.3) is 0 Å². The molecule has 116 valence electrons. The van der Waals surface area contributed by atoms with Crippen molar-refractivity contribution in [3.63, 3.8) is 0 Å². The Labute approximate surface area is 133 Å². The normalized spacial score (nSPS) is 10.5. The third-order valence-electron chi connectivity index (χ3n) is 3.46. The number of tetrazole rings is 1. The van der Waals surface area contributed by atoms with E-state index in [9.17, 15) is 4.79 Å². The average Bonchev–Trinajstić information content (AvgIpc) is 3.04. The highest BCUT2D eigenvalue weighted by Crippen LogP contribution is 2.14. The molecule has 0 N–H and O–H groups in total. The fraction of sp³-hybridized carbons (Fsp3) is 0.176. The predicted octanol–water partition coefficient (Wildman–Crippen LogP) is 2.48. The second-order valence-corrected chi connectivity index (χ2v) is 5.20. The highest BCUT2D eigenvalue weighted by atomic mass is 16.5. The summed E-state index contributed by atoms with van der Waals surface area (Å²) in [6, 6.07) is 15.1. The monoisotopic (exact) mass is 308 g/mol. The summed E-state index contributed by atoms with van der Waals surface area (Å²) in [4.78, 5) is 12.9. The second kappa shape index (κ2) is 6.39. The van der Waals surface area contributed by atoms with Crippen LogP contribution in [0.15, 0.2) is 48.5 Å². The van der Waals surface area contributed by atoms with E-state index in [1.165, 1.54) is 17.5 Å². The van der Waals surface area contributed by atoms with Crippen molar-refractivity contribution in [3.05, 3.63) is 65.2 Å². The zero-order chi connectivity index (χ0) is 16.2. The molecule has 0 atom stereocenters. The van der Waals surface area contributed by atoms with Gasteiger partial charge in [-0.05, 0) is 29.8 Å². The Bertz CT molecular complexity index is 807. The summed E-state index contributed by atoms with van der Waals surface area (Å²) in [6.07, 6.45) is 0. The molecule has 2 aromatic carbocycles. The van der Waals surface area contributed by atoms with Crippen LogP contribution in [0.5, 0.6) is 0 Å². The van der Waals surface area contributed by atoms with Gasteiger partial charge in [0.2, 0.25) is 5.82 Å². The molecule has 0 radical (unpaired) electrons. The number of carbonyl (C=O) groups is 1. The van der Waals surface area contributed by atoms with E-state index in [4.69, 9.17) is 0 Å². The lowest BCUT2D eigenvalue weighted by Crippen LogP contribution is -2.05. The first-order chi connectivity index (χ1) is 11.2. The second-order valence-electron chi connectivity index (χ2n) is 5.20. The molecule has 1 aromatic heterocycles.